The zero-order valence-electron chi connectivity index (χ0n) is 9.23. The van der Waals surface area contributed by atoms with Gasteiger partial charge in [0.05, 0.1) is 11.9 Å². The maximum atomic E-state index is 11.9. The molecule has 1 aromatic rings. The number of anilines is 1. The molecule has 1 unspecified atom stereocenters. The number of hydrogen-bond acceptors (Lipinski definition) is 3. The van der Waals surface area contributed by atoms with Gasteiger partial charge >= 0.3 is 0 Å². The summed E-state index contributed by atoms with van der Waals surface area (Å²) in [6.45, 7) is 0.670. The smallest absolute Gasteiger partial charge is 0.235 e. The van der Waals surface area contributed by atoms with Gasteiger partial charge in [-0.2, -0.15) is 0 Å². The molecule has 1 heterocycles. The van der Waals surface area contributed by atoms with Crippen molar-refractivity contribution in [2.24, 2.45) is 0 Å². The number of ether oxygens (including phenoxy) is 1. The first-order valence-corrected chi connectivity index (χ1v) is 8.16. The number of nitrogens with one attached hydrogen (secondary N) is 1. The van der Waals surface area contributed by atoms with E-state index in [0.717, 1.165) is 16.4 Å². The van der Waals surface area contributed by atoms with Gasteiger partial charge in [0.25, 0.3) is 0 Å². The molecular formula is C11H14INO3S. The van der Waals surface area contributed by atoms with E-state index in [9.17, 15) is 8.42 Å². The second kappa shape index (κ2) is 5.53. The minimum Gasteiger partial charge on any atom is -0.377 e. The summed E-state index contributed by atoms with van der Waals surface area (Å²) >= 11 is 2.15. The Balaban J connectivity index is 2.01. The summed E-state index contributed by atoms with van der Waals surface area (Å²) in [5, 5.41) is 0. The standard InChI is InChI=1S/C11H14INO3S/c12-9-3-1-4-10(7-9)13-17(14,15)8-11-5-2-6-16-11/h1,3-4,7,11,13H,2,5-6,8H2. The molecule has 1 aliphatic rings. The average molecular weight is 367 g/mol. The molecule has 6 heteroatoms. The number of sulfonamides is 1. The zero-order valence-corrected chi connectivity index (χ0v) is 12.2. The summed E-state index contributed by atoms with van der Waals surface area (Å²) in [5.41, 5.74) is 0.606. The number of hydrogen-bond donors (Lipinski definition) is 1. The van der Waals surface area contributed by atoms with Crippen LogP contribution >= 0.6 is 22.6 Å². The molecule has 0 aliphatic carbocycles. The molecule has 17 heavy (non-hydrogen) atoms. The van der Waals surface area contributed by atoms with E-state index in [1.165, 1.54) is 0 Å². The van der Waals surface area contributed by atoms with Crippen molar-refractivity contribution in [1.82, 2.24) is 0 Å². The highest BCUT2D eigenvalue weighted by atomic mass is 127. The molecule has 1 atom stereocenters. The molecule has 0 aromatic heterocycles. The number of benzene rings is 1. The lowest BCUT2D eigenvalue weighted by Gasteiger charge is -2.12. The minimum absolute atomic E-state index is 0.0402. The van der Waals surface area contributed by atoms with Crippen LogP contribution in [0.3, 0.4) is 0 Å². The van der Waals surface area contributed by atoms with Crippen LogP contribution in [0.5, 0.6) is 0 Å². The van der Waals surface area contributed by atoms with Gasteiger partial charge in [-0.25, -0.2) is 8.42 Å². The first-order valence-electron chi connectivity index (χ1n) is 5.43. The van der Waals surface area contributed by atoms with Crippen molar-refractivity contribution < 1.29 is 13.2 Å². The van der Waals surface area contributed by atoms with Crippen LogP contribution in [0.2, 0.25) is 0 Å². The van der Waals surface area contributed by atoms with Crippen LogP contribution in [0.1, 0.15) is 12.8 Å². The lowest BCUT2D eigenvalue weighted by Crippen LogP contribution is -2.25. The Labute approximate surface area is 115 Å². The van der Waals surface area contributed by atoms with Crippen LogP contribution < -0.4 is 4.72 Å². The molecule has 0 radical (unpaired) electrons. The highest BCUT2D eigenvalue weighted by Crippen LogP contribution is 2.17. The Morgan fingerprint density at radius 3 is 2.94 bits per heavy atom. The van der Waals surface area contributed by atoms with E-state index < -0.39 is 10.0 Å². The Hall–Kier alpha value is -0.340. The van der Waals surface area contributed by atoms with Crippen molar-refractivity contribution in [3.63, 3.8) is 0 Å². The van der Waals surface area contributed by atoms with Crippen molar-refractivity contribution in [2.75, 3.05) is 17.1 Å². The Morgan fingerprint density at radius 2 is 2.29 bits per heavy atom. The fraction of sp³-hybridized carbons (Fsp3) is 0.455. The predicted molar refractivity (Wildman–Crippen MR) is 75.5 cm³/mol. The lowest BCUT2D eigenvalue weighted by atomic mass is 10.3. The molecule has 1 fully saturated rings. The van der Waals surface area contributed by atoms with Gasteiger partial charge in [-0.05, 0) is 53.6 Å². The normalized spacial score (nSPS) is 20.4. The second-order valence-corrected chi connectivity index (χ2v) is 7.04. The summed E-state index contributed by atoms with van der Waals surface area (Å²) in [5.74, 6) is 0.0402. The highest BCUT2D eigenvalue weighted by Gasteiger charge is 2.23. The van der Waals surface area contributed by atoms with E-state index in [-0.39, 0.29) is 11.9 Å². The van der Waals surface area contributed by atoms with Gasteiger partial charge in [-0.3, -0.25) is 4.72 Å². The van der Waals surface area contributed by atoms with Gasteiger partial charge in [-0.15, -0.1) is 0 Å². The largest absolute Gasteiger partial charge is 0.377 e. The topological polar surface area (TPSA) is 55.4 Å². The van der Waals surface area contributed by atoms with Crippen LogP contribution in [0.4, 0.5) is 5.69 Å². The van der Waals surface area contributed by atoms with Crippen molar-refractivity contribution >= 4 is 38.3 Å². The fourth-order valence-corrected chi connectivity index (χ4v) is 3.66. The SMILES string of the molecule is O=S(=O)(CC1CCCO1)Nc1cccc(I)c1. The highest BCUT2D eigenvalue weighted by molar-refractivity contribution is 14.1. The average Bonchev–Trinajstić information content (AvgIpc) is 2.68. The fourth-order valence-electron chi connectivity index (χ4n) is 1.79. The second-order valence-electron chi connectivity index (χ2n) is 4.03. The number of rotatable bonds is 4. The van der Waals surface area contributed by atoms with Crippen molar-refractivity contribution in [3.8, 4) is 0 Å². The van der Waals surface area contributed by atoms with Gasteiger partial charge in [0.1, 0.15) is 0 Å². The first-order chi connectivity index (χ1) is 8.05. The van der Waals surface area contributed by atoms with Gasteiger partial charge in [-0.1, -0.05) is 6.07 Å². The predicted octanol–water partition coefficient (Wildman–Crippen LogP) is 2.21. The molecule has 0 bridgehead atoms. The molecule has 1 aromatic carbocycles. The Morgan fingerprint density at radius 1 is 1.47 bits per heavy atom. The van der Waals surface area contributed by atoms with Gasteiger partial charge in [0.15, 0.2) is 0 Å². The van der Waals surface area contributed by atoms with E-state index in [2.05, 4.69) is 27.3 Å². The lowest BCUT2D eigenvalue weighted by molar-refractivity contribution is 0.127. The summed E-state index contributed by atoms with van der Waals surface area (Å²) in [4.78, 5) is 0. The third-order valence-corrected chi connectivity index (χ3v) is 4.56. The first kappa shape index (κ1) is 13.1. The molecule has 4 nitrogen and oxygen atoms in total. The van der Waals surface area contributed by atoms with Crippen LogP contribution in [-0.4, -0.2) is 26.9 Å². The van der Waals surface area contributed by atoms with Gasteiger partial charge < -0.3 is 4.74 Å². The molecule has 1 N–H and O–H groups in total. The molecule has 0 saturated carbocycles. The van der Waals surface area contributed by atoms with Crippen LogP contribution in [0.15, 0.2) is 24.3 Å². The molecule has 0 spiro atoms. The van der Waals surface area contributed by atoms with Crippen molar-refractivity contribution in [3.05, 3.63) is 27.8 Å². The summed E-state index contributed by atoms with van der Waals surface area (Å²) in [6, 6.07) is 7.28. The molecular weight excluding hydrogens is 353 g/mol. The molecule has 2 rings (SSSR count). The molecule has 1 aliphatic heterocycles. The van der Waals surface area contributed by atoms with Crippen LogP contribution in [0.25, 0.3) is 0 Å². The summed E-state index contributed by atoms with van der Waals surface area (Å²) in [6.07, 6.45) is 1.62. The van der Waals surface area contributed by atoms with Crippen LogP contribution in [0, 0.1) is 3.57 Å². The Kier molecular flexibility index (Phi) is 4.26. The monoisotopic (exact) mass is 367 g/mol. The van der Waals surface area contributed by atoms with E-state index >= 15 is 0 Å². The molecule has 94 valence electrons. The third-order valence-electron chi connectivity index (χ3n) is 2.53. The minimum atomic E-state index is -3.31. The van der Waals surface area contributed by atoms with Gasteiger partial charge in [0.2, 0.25) is 10.0 Å². The van der Waals surface area contributed by atoms with E-state index in [1.807, 2.05) is 12.1 Å². The van der Waals surface area contributed by atoms with E-state index in [0.29, 0.717) is 12.3 Å². The zero-order chi connectivity index (χ0) is 12.3. The van der Waals surface area contributed by atoms with E-state index in [4.69, 9.17) is 4.74 Å². The molecule has 1 saturated heterocycles. The molecule has 0 amide bonds. The van der Waals surface area contributed by atoms with Gasteiger partial charge in [0, 0.05) is 15.9 Å². The number of halogens is 1. The van der Waals surface area contributed by atoms with E-state index in [1.54, 1.807) is 12.1 Å². The maximum absolute atomic E-state index is 11.9. The maximum Gasteiger partial charge on any atom is 0.235 e. The summed E-state index contributed by atoms with van der Waals surface area (Å²) < 4.78 is 32.7. The Bertz CT molecular complexity index is 483. The quantitative estimate of drug-likeness (QED) is 0.831. The van der Waals surface area contributed by atoms with Crippen LogP contribution in [-0.2, 0) is 14.8 Å². The van der Waals surface area contributed by atoms with Crippen molar-refractivity contribution in [2.45, 2.75) is 18.9 Å². The third kappa shape index (κ3) is 4.11. The van der Waals surface area contributed by atoms with Crippen molar-refractivity contribution in [1.29, 1.82) is 0 Å². The summed E-state index contributed by atoms with van der Waals surface area (Å²) in [7, 11) is -3.31.